The number of aryl methyl sites for hydroxylation is 1. The van der Waals surface area contributed by atoms with Gasteiger partial charge in [-0.3, -0.25) is 9.12 Å². The lowest BCUT2D eigenvalue weighted by atomic mass is 10.1. The van der Waals surface area contributed by atoms with Crippen molar-refractivity contribution in [3.05, 3.63) is 35.9 Å². The first-order valence-corrected chi connectivity index (χ1v) is 10.4. The molecule has 22 heavy (non-hydrogen) atoms. The van der Waals surface area contributed by atoms with Crippen LogP contribution in [0, 0.1) is 0 Å². The predicted octanol–water partition coefficient (Wildman–Crippen LogP) is 2.96. The van der Waals surface area contributed by atoms with Crippen molar-refractivity contribution in [2.45, 2.75) is 49.9 Å². The highest BCUT2D eigenvalue weighted by molar-refractivity contribution is 7.93. The van der Waals surface area contributed by atoms with Crippen LogP contribution in [-0.4, -0.2) is 27.7 Å². The summed E-state index contributed by atoms with van der Waals surface area (Å²) in [6.07, 6.45) is 4.66. The van der Waals surface area contributed by atoms with Crippen LogP contribution in [0.4, 0.5) is 0 Å². The second-order valence-electron chi connectivity index (χ2n) is 5.35. The van der Waals surface area contributed by atoms with Crippen LogP contribution in [-0.2, 0) is 21.1 Å². The fourth-order valence-electron chi connectivity index (χ4n) is 2.31. The van der Waals surface area contributed by atoms with E-state index in [0.29, 0.717) is 12.8 Å². The summed E-state index contributed by atoms with van der Waals surface area (Å²) in [5.74, 6) is 0. The van der Waals surface area contributed by atoms with E-state index in [2.05, 4.69) is 12.1 Å². The van der Waals surface area contributed by atoms with E-state index in [9.17, 15) is 13.0 Å². The predicted molar refractivity (Wildman–Crippen MR) is 85.2 cm³/mol. The highest BCUT2D eigenvalue weighted by atomic mass is 32.2. The minimum Gasteiger partial charge on any atom is -0.323 e. The van der Waals surface area contributed by atoms with Crippen LogP contribution < -0.4 is 0 Å². The van der Waals surface area contributed by atoms with Gasteiger partial charge in [-0.2, -0.15) is 8.42 Å². The maximum Gasteiger partial charge on any atom is 0.346 e. The molecule has 1 atom stereocenters. The highest BCUT2D eigenvalue weighted by Crippen LogP contribution is 2.46. The Bertz CT molecular complexity index is 581. The van der Waals surface area contributed by atoms with Crippen LogP contribution in [0.15, 0.2) is 30.3 Å². The van der Waals surface area contributed by atoms with E-state index in [-0.39, 0.29) is 6.42 Å². The van der Waals surface area contributed by atoms with E-state index in [1.165, 1.54) is 5.56 Å². The van der Waals surface area contributed by atoms with Crippen molar-refractivity contribution >= 4 is 17.7 Å². The van der Waals surface area contributed by atoms with Crippen molar-refractivity contribution in [1.29, 1.82) is 0 Å². The molecule has 0 spiro atoms. The minimum absolute atomic E-state index is 0.220. The topological polar surface area (TPSA) is 112 Å². The Labute approximate surface area is 131 Å². The molecule has 0 saturated carbocycles. The van der Waals surface area contributed by atoms with Gasteiger partial charge < -0.3 is 9.79 Å². The van der Waals surface area contributed by atoms with Crippen molar-refractivity contribution in [3.8, 4) is 0 Å². The maximum atomic E-state index is 11.1. The molecule has 126 valence electrons. The summed E-state index contributed by atoms with van der Waals surface area (Å²) in [5, 5.41) is 0. The molecule has 8 heteroatoms. The van der Waals surface area contributed by atoms with E-state index in [1.807, 2.05) is 18.2 Å². The fraction of sp³-hybridized carbons (Fsp3) is 0.571. The van der Waals surface area contributed by atoms with Crippen LogP contribution in [0.25, 0.3) is 0 Å². The number of hydrogen-bond acceptors (Lipinski definition) is 3. The Morgan fingerprint density at radius 3 is 2.05 bits per heavy atom. The molecular formula is C14H23O6PS. The quantitative estimate of drug-likeness (QED) is 0.340. The average Bonchev–Trinajstić information content (AvgIpc) is 2.40. The van der Waals surface area contributed by atoms with E-state index in [0.717, 1.165) is 25.7 Å². The lowest BCUT2D eigenvalue weighted by Gasteiger charge is -2.14. The Morgan fingerprint density at radius 1 is 0.955 bits per heavy atom. The molecule has 0 amide bonds. The number of rotatable bonds is 10. The summed E-state index contributed by atoms with van der Waals surface area (Å²) in [6.45, 7) is 0. The summed E-state index contributed by atoms with van der Waals surface area (Å²) in [6, 6.07) is 10.1. The van der Waals surface area contributed by atoms with Crippen molar-refractivity contribution in [3.63, 3.8) is 0 Å². The molecule has 0 radical (unpaired) electrons. The van der Waals surface area contributed by atoms with Gasteiger partial charge in [0.1, 0.15) is 0 Å². The molecule has 6 nitrogen and oxygen atoms in total. The molecule has 0 bridgehead atoms. The first-order chi connectivity index (χ1) is 10.2. The molecule has 0 fully saturated rings. The van der Waals surface area contributed by atoms with E-state index < -0.39 is 22.7 Å². The SMILES string of the molecule is O=P(O)(O)C(CCCCCCCc1ccccc1)S(=O)(=O)O. The second-order valence-corrected chi connectivity index (χ2v) is 9.10. The lowest BCUT2D eigenvalue weighted by Crippen LogP contribution is -2.20. The summed E-state index contributed by atoms with van der Waals surface area (Å²) in [5.41, 5.74) is 1.27. The molecule has 0 aromatic heterocycles. The monoisotopic (exact) mass is 350 g/mol. The van der Waals surface area contributed by atoms with Crippen molar-refractivity contribution < 1.29 is 27.3 Å². The molecule has 1 aromatic rings. The minimum atomic E-state index is -4.84. The fourth-order valence-corrected chi connectivity index (χ4v) is 4.69. The van der Waals surface area contributed by atoms with Crippen molar-refractivity contribution in [1.82, 2.24) is 0 Å². The van der Waals surface area contributed by atoms with E-state index >= 15 is 0 Å². The summed E-state index contributed by atoms with van der Waals surface area (Å²) < 4.78 is 41.8. The van der Waals surface area contributed by atoms with E-state index in [1.54, 1.807) is 0 Å². The van der Waals surface area contributed by atoms with Crippen LogP contribution in [0.1, 0.15) is 44.1 Å². The molecular weight excluding hydrogens is 327 g/mol. The summed E-state index contributed by atoms with van der Waals surface area (Å²) in [7, 11) is -9.56. The molecule has 0 aliphatic carbocycles. The summed E-state index contributed by atoms with van der Waals surface area (Å²) in [4.78, 5) is 15.9. The van der Waals surface area contributed by atoms with Crippen LogP contribution in [0.3, 0.4) is 0 Å². The molecule has 0 heterocycles. The zero-order valence-corrected chi connectivity index (χ0v) is 14.0. The number of hydrogen-bond donors (Lipinski definition) is 3. The van der Waals surface area contributed by atoms with Crippen molar-refractivity contribution in [2.75, 3.05) is 0 Å². The van der Waals surface area contributed by atoms with Crippen LogP contribution >= 0.6 is 7.60 Å². The average molecular weight is 350 g/mol. The van der Waals surface area contributed by atoms with Crippen LogP contribution in [0.2, 0.25) is 0 Å². The van der Waals surface area contributed by atoms with Gasteiger partial charge in [-0.1, -0.05) is 56.0 Å². The largest absolute Gasteiger partial charge is 0.346 e. The highest BCUT2D eigenvalue weighted by Gasteiger charge is 2.38. The van der Waals surface area contributed by atoms with Gasteiger partial charge in [0.05, 0.1) is 0 Å². The van der Waals surface area contributed by atoms with Gasteiger partial charge in [0.2, 0.25) is 0 Å². The Morgan fingerprint density at radius 2 is 1.50 bits per heavy atom. The molecule has 3 N–H and O–H groups in total. The first kappa shape index (κ1) is 19.3. The maximum absolute atomic E-state index is 11.1. The molecule has 0 aliphatic heterocycles. The van der Waals surface area contributed by atoms with Crippen molar-refractivity contribution in [2.24, 2.45) is 0 Å². The third kappa shape index (κ3) is 7.51. The Hall–Kier alpha value is -0.720. The molecule has 1 unspecified atom stereocenters. The smallest absolute Gasteiger partial charge is 0.323 e. The zero-order chi connectivity index (χ0) is 16.6. The van der Waals surface area contributed by atoms with Gasteiger partial charge in [0.25, 0.3) is 10.1 Å². The lowest BCUT2D eigenvalue weighted by molar-refractivity contribution is 0.359. The van der Waals surface area contributed by atoms with Gasteiger partial charge in [0.15, 0.2) is 4.99 Å². The Balaban J connectivity index is 2.20. The second kappa shape index (κ2) is 8.79. The third-order valence-corrected chi connectivity index (χ3v) is 7.03. The van der Waals surface area contributed by atoms with Gasteiger partial charge >= 0.3 is 7.60 Å². The first-order valence-electron chi connectivity index (χ1n) is 7.26. The summed E-state index contributed by atoms with van der Waals surface area (Å²) >= 11 is 0. The number of unbranched alkanes of at least 4 members (excludes halogenated alkanes) is 4. The normalized spacial score (nSPS) is 14.0. The molecule has 1 aromatic carbocycles. The number of benzene rings is 1. The third-order valence-electron chi connectivity index (χ3n) is 3.48. The van der Waals surface area contributed by atoms with Gasteiger partial charge in [-0.25, -0.2) is 0 Å². The van der Waals surface area contributed by atoms with Gasteiger partial charge in [-0.05, 0) is 24.8 Å². The standard InChI is InChI=1S/C14H23O6PS/c15-21(16,17)14(22(18,19)20)12-8-3-1-2-5-9-13-10-6-4-7-11-13/h4,6-7,10-11,14H,1-3,5,8-9,12H2,(H2,15,16,17)(H,18,19,20). The van der Waals surface area contributed by atoms with Gasteiger partial charge in [0, 0.05) is 0 Å². The molecule has 0 saturated heterocycles. The molecule has 1 rings (SSSR count). The van der Waals surface area contributed by atoms with Crippen LogP contribution in [0.5, 0.6) is 0 Å². The molecule has 0 aliphatic rings. The Kier molecular flexibility index (Phi) is 7.72. The zero-order valence-electron chi connectivity index (χ0n) is 12.3. The van der Waals surface area contributed by atoms with E-state index in [4.69, 9.17) is 14.3 Å². The van der Waals surface area contributed by atoms with Gasteiger partial charge in [-0.15, -0.1) is 0 Å².